The fourth-order valence-electron chi connectivity index (χ4n) is 2.71. The van der Waals surface area contributed by atoms with Gasteiger partial charge >= 0.3 is 0 Å². The Hall–Kier alpha value is -3.13. The number of halogens is 2. The van der Waals surface area contributed by atoms with Gasteiger partial charge in [-0.3, -0.25) is 9.59 Å². The molecule has 0 saturated carbocycles. The third-order valence-corrected chi connectivity index (χ3v) is 4.90. The van der Waals surface area contributed by atoms with Crippen LogP contribution in [0.4, 0.5) is 15.8 Å². The van der Waals surface area contributed by atoms with Crippen molar-refractivity contribution in [2.45, 2.75) is 19.8 Å². The van der Waals surface area contributed by atoms with Crippen LogP contribution < -0.4 is 15.4 Å². The summed E-state index contributed by atoms with van der Waals surface area (Å²) < 4.78 is 25.6. The maximum absolute atomic E-state index is 14.1. The fraction of sp³-hybridized carbons (Fsp3) is 0.182. The van der Waals surface area contributed by atoms with Crippen molar-refractivity contribution in [1.82, 2.24) is 0 Å². The van der Waals surface area contributed by atoms with Crippen LogP contribution in [0.3, 0.4) is 0 Å². The van der Waals surface area contributed by atoms with Gasteiger partial charge in [0, 0.05) is 12.1 Å². The van der Waals surface area contributed by atoms with Crippen molar-refractivity contribution in [2.24, 2.45) is 0 Å². The van der Waals surface area contributed by atoms with Gasteiger partial charge in [-0.25, -0.2) is 4.39 Å². The van der Waals surface area contributed by atoms with Crippen LogP contribution in [0.5, 0.6) is 5.75 Å². The quantitative estimate of drug-likeness (QED) is 0.420. The first-order valence-electron chi connectivity index (χ1n) is 9.26. The minimum Gasteiger partial charge on any atom is -0.492 e. The summed E-state index contributed by atoms with van der Waals surface area (Å²) in [5.74, 6) is -0.190. The zero-order valence-electron chi connectivity index (χ0n) is 16.2. The van der Waals surface area contributed by atoms with Crippen LogP contribution in [0.1, 0.15) is 29.0 Å². The predicted molar refractivity (Wildman–Crippen MR) is 115 cm³/mol. The number of carbonyl (C=O) groups is 2. The van der Waals surface area contributed by atoms with Gasteiger partial charge in [-0.05, 0) is 65.7 Å². The first-order chi connectivity index (χ1) is 14.4. The van der Waals surface area contributed by atoms with Crippen LogP contribution in [0.2, 0.25) is 0 Å². The number of aryl methyl sites for hydroxylation is 1. The topological polar surface area (TPSA) is 80.6 Å². The monoisotopic (exact) mass is 474 g/mol. The Kier molecular flexibility index (Phi) is 7.24. The SMILES string of the molecule is Cc1occc1C(=O)Nc1cc(NC(=O)CCCOc2ccccc2Br)ccc1F. The molecule has 0 radical (unpaired) electrons. The van der Waals surface area contributed by atoms with E-state index in [0.29, 0.717) is 35.8 Å². The van der Waals surface area contributed by atoms with E-state index in [4.69, 9.17) is 9.15 Å². The standard InChI is InChI=1S/C22H20BrFN2O4/c1-14-16(10-12-29-14)22(28)26-19-13-15(8-9-18(19)24)25-21(27)7-4-11-30-20-6-3-2-5-17(20)23/h2-3,5-6,8-10,12-13H,4,7,11H2,1H3,(H,25,27)(H,26,28). The lowest BCUT2D eigenvalue weighted by Crippen LogP contribution is -2.15. The van der Waals surface area contributed by atoms with Crippen LogP contribution in [-0.4, -0.2) is 18.4 Å². The smallest absolute Gasteiger partial charge is 0.259 e. The second-order valence-electron chi connectivity index (χ2n) is 6.47. The molecule has 0 bridgehead atoms. The first kappa shape index (κ1) is 21.6. The molecule has 2 amide bonds. The number of rotatable bonds is 8. The van der Waals surface area contributed by atoms with Crippen LogP contribution >= 0.6 is 15.9 Å². The lowest BCUT2D eigenvalue weighted by Gasteiger charge is -2.10. The molecule has 8 heteroatoms. The highest BCUT2D eigenvalue weighted by molar-refractivity contribution is 9.10. The molecule has 1 aromatic heterocycles. The number of hydrogen-bond donors (Lipinski definition) is 2. The number of benzene rings is 2. The van der Waals surface area contributed by atoms with E-state index in [9.17, 15) is 14.0 Å². The van der Waals surface area contributed by atoms with E-state index in [1.165, 1.54) is 30.5 Å². The van der Waals surface area contributed by atoms with Crippen molar-refractivity contribution in [1.29, 1.82) is 0 Å². The van der Waals surface area contributed by atoms with E-state index < -0.39 is 11.7 Å². The molecule has 6 nitrogen and oxygen atoms in total. The third-order valence-electron chi connectivity index (χ3n) is 4.24. The Labute approximate surface area is 181 Å². The largest absolute Gasteiger partial charge is 0.492 e. The number of carbonyl (C=O) groups excluding carboxylic acids is 2. The molecule has 156 valence electrons. The molecule has 0 unspecified atom stereocenters. The highest BCUT2D eigenvalue weighted by Gasteiger charge is 2.14. The number of amides is 2. The highest BCUT2D eigenvalue weighted by atomic mass is 79.9. The molecule has 0 saturated heterocycles. The summed E-state index contributed by atoms with van der Waals surface area (Å²) in [6.07, 6.45) is 2.13. The van der Waals surface area contributed by atoms with Crippen LogP contribution in [0.25, 0.3) is 0 Å². The molecular formula is C22H20BrFN2O4. The summed E-state index contributed by atoms with van der Waals surface area (Å²) >= 11 is 3.40. The Morgan fingerprint density at radius 2 is 1.93 bits per heavy atom. The van der Waals surface area contributed by atoms with Gasteiger partial charge in [0.1, 0.15) is 17.3 Å². The van der Waals surface area contributed by atoms with Crippen molar-refractivity contribution >= 4 is 39.1 Å². The molecule has 0 aliphatic rings. The lowest BCUT2D eigenvalue weighted by molar-refractivity contribution is -0.116. The average Bonchev–Trinajstić information content (AvgIpc) is 3.15. The first-order valence-corrected chi connectivity index (χ1v) is 10.1. The maximum Gasteiger partial charge on any atom is 0.259 e. The van der Waals surface area contributed by atoms with Crippen molar-refractivity contribution in [3.63, 3.8) is 0 Å². The van der Waals surface area contributed by atoms with E-state index >= 15 is 0 Å². The summed E-state index contributed by atoms with van der Waals surface area (Å²) in [4.78, 5) is 24.4. The van der Waals surface area contributed by atoms with Crippen molar-refractivity contribution in [3.05, 3.63) is 76.4 Å². The Morgan fingerprint density at radius 3 is 2.67 bits per heavy atom. The number of hydrogen-bond acceptors (Lipinski definition) is 4. The summed E-state index contributed by atoms with van der Waals surface area (Å²) in [5, 5.41) is 5.19. The zero-order valence-corrected chi connectivity index (χ0v) is 17.8. The summed E-state index contributed by atoms with van der Waals surface area (Å²) in [6.45, 7) is 2.02. The van der Waals surface area contributed by atoms with Crippen molar-refractivity contribution in [3.8, 4) is 5.75 Å². The summed E-state index contributed by atoms with van der Waals surface area (Å²) in [5.41, 5.74) is 0.664. The van der Waals surface area contributed by atoms with E-state index in [0.717, 1.165) is 4.47 Å². The second-order valence-corrected chi connectivity index (χ2v) is 7.32. The fourth-order valence-corrected chi connectivity index (χ4v) is 3.11. The predicted octanol–water partition coefficient (Wildman–Crippen LogP) is 5.54. The number of ether oxygens (including phenoxy) is 1. The van der Waals surface area contributed by atoms with Gasteiger partial charge in [0.2, 0.25) is 5.91 Å². The molecule has 3 rings (SSSR count). The van der Waals surface area contributed by atoms with E-state index in [-0.39, 0.29) is 18.0 Å². The van der Waals surface area contributed by atoms with E-state index in [2.05, 4.69) is 26.6 Å². The molecule has 30 heavy (non-hydrogen) atoms. The Morgan fingerprint density at radius 1 is 1.13 bits per heavy atom. The summed E-state index contributed by atoms with van der Waals surface area (Å²) in [6, 6.07) is 13.0. The van der Waals surface area contributed by atoms with Crippen LogP contribution in [0, 0.1) is 12.7 Å². The molecule has 0 aliphatic carbocycles. The van der Waals surface area contributed by atoms with E-state index in [1.54, 1.807) is 6.92 Å². The number of para-hydroxylation sites is 1. The molecule has 2 aromatic carbocycles. The molecule has 0 aliphatic heterocycles. The number of anilines is 2. The normalized spacial score (nSPS) is 10.5. The molecule has 0 fully saturated rings. The highest BCUT2D eigenvalue weighted by Crippen LogP contribution is 2.24. The van der Waals surface area contributed by atoms with Crippen LogP contribution in [0.15, 0.2) is 63.7 Å². The summed E-state index contributed by atoms with van der Waals surface area (Å²) in [7, 11) is 0. The molecule has 3 aromatic rings. The van der Waals surface area contributed by atoms with Gasteiger partial charge in [-0.1, -0.05) is 12.1 Å². The molecule has 0 atom stereocenters. The van der Waals surface area contributed by atoms with Gasteiger partial charge < -0.3 is 19.8 Å². The average molecular weight is 475 g/mol. The van der Waals surface area contributed by atoms with Gasteiger partial charge in [-0.2, -0.15) is 0 Å². The minimum absolute atomic E-state index is 0.0318. The van der Waals surface area contributed by atoms with Crippen molar-refractivity contribution in [2.75, 3.05) is 17.2 Å². The van der Waals surface area contributed by atoms with Gasteiger partial charge in [0.25, 0.3) is 5.91 Å². The number of furan rings is 1. The molecular weight excluding hydrogens is 455 g/mol. The second kappa shape index (κ2) is 10.1. The molecule has 2 N–H and O–H groups in total. The Bertz CT molecular complexity index is 1050. The number of nitrogens with one attached hydrogen (secondary N) is 2. The molecule has 1 heterocycles. The Balaban J connectivity index is 1.52. The van der Waals surface area contributed by atoms with Crippen molar-refractivity contribution < 1.29 is 23.1 Å². The maximum atomic E-state index is 14.1. The van der Waals surface area contributed by atoms with Gasteiger partial charge in [0.05, 0.1) is 28.6 Å². The minimum atomic E-state index is -0.607. The molecule has 0 spiro atoms. The van der Waals surface area contributed by atoms with Gasteiger partial charge in [0.15, 0.2) is 0 Å². The van der Waals surface area contributed by atoms with Crippen LogP contribution in [-0.2, 0) is 4.79 Å². The third kappa shape index (κ3) is 5.70. The zero-order chi connectivity index (χ0) is 21.5. The lowest BCUT2D eigenvalue weighted by atomic mass is 10.2. The van der Waals surface area contributed by atoms with E-state index in [1.807, 2.05) is 24.3 Å². The van der Waals surface area contributed by atoms with Gasteiger partial charge in [-0.15, -0.1) is 0 Å².